The Labute approximate surface area is 212 Å². The molecule has 3 rings (SSSR count). The van der Waals surface area contributed by atoms with Gasteiger partial charge in [-0.3, -0.25) is 0 Å². The van der Waals surface area contributed by atoms with E-state index in [1.54, 1.807) is 0 Å². The monoisotopic (exact) mass is 567 g/mol. The van der Waals surface area contributed by atoms with E-state index in [4.69, 9.17) is 4.99 Å². The van der Waals surface area contributed by atoms with Crippen LogP contribution in [0.4, 0.5) is 5.69 Å². The van der Waals surface area contributed by atoms with Crippen molar-refractivity contribution in [2.24, 2.45) is 12.0 Å². The molecule has 9 heteroatoms. The number of halogens is 1. The average molecular weight is 568 g/mol. The average Bonchev–Trinajstić information content (AvgIpc) is 3.39. The third-order valence-electron chi connectivity index (χ3n) is 5.22. The molecule has 0 aliphatic heterocycles. The zero-order chi connectivity index (χ0) is 22.1. The summed E-state index contributed by atoms with van der Waals surface area (Å²) in [6.45, 7) is 7.19. The second kappa shape index (κ2) is 13.4. The van der Waals surface area contributed by atoms with Crippen LogP contribution in [0.3, 0.4) is 0 Å². The number of aliphatic imine (C=N–C) groups is 1. The van der Waals surface area contributed by atoms with Gasteiger partial charge in [0.05, 0.1) is 6.54 Å². The molecule has 0 amide bonds. The maximum absolute atomic E-state index is 4.75. The van der Waals surface area contributed by atoms with Crippen molar-refractivity contribution in [1.82, 2.24) is 25.4 Å². The maximum Gasteiger partial charge on any atom is 0.192 e. The Morgan fingerprint density at radius 1 is 1.09 bits per heavy atom. The first-order chi connectivity index (χ1) is 15.1. The number of aryl methyl sites for hydroxylation is 2. The van der Waals surface area contributed by atoms with Gasteiger partial charge in [0.15, 0.2) is 11.8 Å². The number of benzene rings is 1. The first-order valence-electron chi connectivity index (χ1n) is 10.8. The van der Waals surface area contributed by atoms with Gasteiger partial charge in [-0.05, 0) is 44.0 Å². The van der Waals surface area contributed by atoms with Gasteiger partial charge in [0.1, 0.15) is 12.4 Å². The second-order valence-electron chi connectivity index (χ2n) is 7.50. The molecule has 0 saturated heterocycles. The van der Waals surface area contributed by atoms with E-state index in [-0.39, 0.29) is 24.0 Å². The molecular weight excluding hydrogens is 533 g/mol. The van der Waals surface area contributed by atoms with Gasteiger partial charge in [-0.1, -0.05) is 25.1 Å². The van der Waals surface area contributed by atoms with E-state index in [2.05, 4.69) is 76.1 Å². The summed E-state index contributed by atoms with van der Waals surface area (Å²) in [6, 6.07) is 14.8. The van der Waals surface area contributed by atoms with Gasteiger partial charge in [-0.25, -0.2) is 4.99 Å². The highest BCUT2D eigenvalue weighted by Crippen LogP contribution is 2.16. The molecule has 0 aliphatic carbocycles. The van der Waals surface area contributed by atoms with Crippen LogP contribution in [0.15, 0.2) is 47.5 Å². The lowest BCUT2D eigenvalue weighted by Gasteiger charge is -2.19. The van der Waals surface area contributed by atoms with Crippen LogP contribution in [0.1, 0.15) is 34.7 Å². The first kappa shape index (κ1) is 26.1. The molecule has 2 heterocycles. The van der Waals surface area contributed by atoms with E-state index < -0.39 is 0 Å². The third-order valence-corrected chi connectivity index (χ3v) is 6.45. The van der Waals surface area contributed by atoms with Crippen LogP contribution in [-0.2, 0) is 26.6 Å². The molecule has 7 nitrogen and oxygen atoms in total. The topological polar surface area (TPSA) is 70.4 Å². The molecule has 0 unspecified atom stereocenters. The number of hydrogen-bond donors (Lipinski definition) is 2. The highest BCUT2D eigenvalue weighted by Gasteiger charge is 2.07. The Morgan fingerprint density at radius 3 is 2.50 bits per heavy atom. The van der Waals surface area contributed by atoms with Crippen molar-refractivity contribution >= 4 is 47.0 Å². The summed E-state index contributed by atoms with van der Waals surface area (Å²) >= 11 is 1.85. The van der Waals surface area contributed by atoms with Crippen molar-refractivity contribution < 1.29 is 0 Å². The number of guanidine groups is 1. The number of nitrogens with one attached hydrogen (secondary N) is 2. The fraction of sp³-hybridized carbons (Fsp3) is 0.435. The number of hydrogen-bond acceptors (Lipinski definition) is 5. The molecule has 0 fully saturated rings. The summed E-state index contributed by atoms with van der Waals surface area (Å²) in [7, 11) is 4.10. The minimum absolute atomic E-state index is 0. The van der Waals surface area contributed by atoms with Gasteiger partial charge in [-0.15, -0.1) is 45.5 Å². The van der Waals surface area contributed by atoms with E-state index in [0.29, 0.717) is 6.54 Å². The minimum Gasteiger partial charge on any atom is -0.375 e. The number of anilines is 1. The molecule has 1 aromatic carbocycles. The molecule has 0 aliphatic rings. The molecule has 2 aromatic heterocycles. The largest absolute Gasteiger partial charge is 0.375 e. The van der Waals surface area contributed by atoms with Crippen LogP contribution in [0, 0.1) is 6.92 Å². The number of aromatic nitrogens is 3. The van der Waals surface area contributed by atoms with Crippen LogP contribution >= 0.6 is 35.3 Å². The Bertz CT molecular complexity index is 968. The Morgan fingerprint density at radius 2 is 1.84 bits per heavy atom. The summed E-state index contributed by atoms with van der Waals surface area (Å²) in [4.78, 5) is 9.73. The molecular formula is C23H34IN7S. The van der Waals surface area contributed by atoms with Gasteiger partial charge in [-0.2, -0.15) is 0 Å². The van der Waals surface area contributed by atoms with Crippen LogP contribution in [0.5, 0.6) is 0 Å². The van der Waals surface area contributed by atoms with Crippen molar-refractivity contribution in [1.29, 1.82) is 0 Å². The van der Waals surface area contributed by atoms with Gasteiger partial charge < -0.3 is 20.1 Å². The van der Waals surface area contributed by atoms with Gasteiger partial charge in [0.25, 0.3) is 0 Å². The van der Waals surface area contributed by atoms with E-state index >= 15 is 0 Å². The SMILES string of the molecule is CCc1ccc(CNC(=NCc2nnc(C)n2C)NCCCN(C)c2ccccc2)s1.I. The fourth-order valence-electron chi connectivity index (χ4n) is 3.13. The second-order valence-corrected chi connectivity index (χ2v) is 8.75. The molecule has 0 atom stereocenters. The molecule has 0 spiro atoms. The van der Waals surface area contributed by atoms with Crippen molar-refractivity contribution in [2.75, 3.05) is 25.0 Å². The summed E-state index contributed by atoms with van der Waals surface area (Å²) in [5.74, 6) is 2.54. The highest BCUT2D eigenvalue weighted by atomic mass is 127. The number of para-hydroxylation sites is 1. The predicted molar refractivity (Wildman–Crippen MR) is 145 cm³/mol. The fourth-order valence-corrected chi connectivity index (χ4v) is 4.02. The highest BCUT2D eigenvalue weighted by molar-refractivity contribution is 14.0. The third kappa shape index (κ3) is 7.77. The van der Waals surface area contributed by atoms with Crippen molar-refractivity contribution in [2.45, 2.75) is 39.8 Å². The van der Waals surface area contributed by atoms with E-state index in [0.717, 1.165) is 50.1 Å². The van der Waals surface area contributed by atoms with Gasteiger partial charge in [0, 0.05) is 42.6 Å². The number of rotatable bonds is 10. The normalized spacial score (nSPS) is 11.2. The van der Waals surface area contributed by atoms with Gasteiger partial charge >= 0.3 is 0 Å². The van der Waals surface area contributed by atoms with Gasteiger partial charge in [0.2, 0.25) is 0 Å². The van der Waals surface area contributed by atoms with Crippen LogP contribution in [0.25, 0.3) is 0 Å². The standard InChI is InChI=1S/C23H33N7S.HI/c1-5-20-12-13-21(31-20)16-25-23(26-17-22-28-27-18(2)30(22)4)24-14-9-15-29(3)19-10-7-6-8-11-19;/h6-8,10-13H,5,9,14-17H2,1-4H3,(H2,24,25,26);1H. The zero-order valence-electron chi connectivity index (χ0n) is 19.3. The van der Waals surface area contributed by atoms with E-state index in [1.807, 2.05) is 35.9 Å². The molecule has 2 N–H and O–H groups in total. The molecule has 32 heavy (non-hydrogen) atoms. The number of thiophene rings is 1. The minimum atomic E-state index is 0. The van der Waals surface area contributed by atoms with Crippen molar-refractivity contribution in [3.8, 4) is 0 Å². The Kier molecular flexibility index (Phi) is 10.9. The lowest BCUT2D eigenvalue weighted by Crippen LogP contribution is -2.38. The van der Waals surface area contributed by atoms with Crippen LogP contribution in [-0.4, -0.2) is 40.9 Å². The first-order valence-corrected chi connectivity index (χ1v) is 11.6. The molecule has 0 radical (unpaired) electrons. The summed E-state index contributed by atoms with van der Waals surface area (Å²) in [5, 5.41) is 15.3. The number of nitrogens with zero attached hydrogens (tertiary/aromatic N) is 5. The molecule has 0 bridgehead atoms. The van der Waals surface area contributed by atoms with Crippen molar-refractivity contribution in [3.05, 3.63) is 63.9 Å². The summed E-state index contributed by atoms with van der Waals surface area (Å²) < 4.78 is 1.97. The smallest absolute Gasteiger partial charge is 0.192 e. The summed E-state index contributed by atoms with van der Waals surface area (Å²) in [6.07, 6.45) is 2.08. The van der Waals surface area contributed by atoms with Crippen molar-refractivity contribution in [3.63, 3.8) is 0 Å². The zero-order valence-corrected chi connectivity index (χ0v) is 22.5. The lowest BCUT2D eigenvalue weighted by molar-refractivity contribution is 0.718. The Hall–Kier alpha value is -2.14. The van der Waals surface area contributed by atoms with Crippen LogP contribution < -0.4 is 15.5 Å². The van der Waals surface area contributed by atoms with E-state index in [1.165, 1.54) is 15.4 Å². The van der Waals surface area contributed by atoms with E-state index in [9.17, 15) is 0 Å². The Balaban J connectivity index is 0.00000363. The molecule has 3 aromatic rings. The predicted octanol–water partition coefficient (Wildman–Crippen LogP) is 4.13. The quantitative estimate of drug-likeness (QED) is 0.167. The summed E-state index contributed by atoms with van der Waals surface area (Å²) in [5.41, 5.74) is 1.23. The maximum atomic E-state index is 4.75. The molecule has 174 valence electrons. The lowest BCUT2D eigenvalue weighted by atomic mass is 10.3. The van der Waals surface area contributed by atoms with Crippen LogP contribution in [0.2, 0.25) is 0 Å². The molecule has 0 saturated carbocycles.